The fraction of sp³-hybridized carbons (Fsp3) is 0.364. The Kier molecular flexibility index (Phi) is 4.49. The van der Waals surface area contributed by atoms with Crippen molar-refractivity contribution in [3.8, 4) is 5.75 Å². The molecular formula is C11H14O3S. The van der Waals surface area contributed by atoms with Crippen LogP contribution in [0.2, 0.25) is 0 Å². The third kappa shape index (κ3) is 3.47. The lowest BCUT2D eigenvalue weighted by Crippen LogP contribution is -2.06. The van der Waals surface area contributed by atoms with Crippen LogP contribution in [0, 0.1) is 6.92 Å². The molecule has 1 aromatic carbocycles. The molecule has 0 aromatic heterocycles. The topological polar surface area (TPSA) is 46.5 Å². The summed E-state index contributed by atoms with van der Waals surface area (Å²) in [7, 11) is 0. The average molecular weight is 226 g/mol. The monoisotopic (exact) mass is 226 g/mol. The van der Waals surface area contributed by atoms with Crippen LogP contribution < -0.4 is 4.74 Å². The van der Waals surface area contributed by atoms with E-state index in [9.17, 15) is 4.79 Å². The highest BCUT2D eigenvalue weighted by atomic mass is 32.2. The summed E-state index contributed by atoms with van der Waals surface area (Å²) in [5.41, 5.74) is 1.15. The molecule has 0 aliphatic rings. The maximum Gasteiger partial charge on any atom is 0.339 e. The minimum atomic E-state index is -0.946. The lowest BCUT2D eigenvalue weighted by Gasteiger charge is -2.08. The first-order chi connectivity index (χ1) is 7.15. The van der Waals surface area contributed by atoms with Crippen molar-refractivity contribution in [3.05, 3.63) is 29.3 Å². The predicted molar refractivity (Wildman–Crippen MR) is 62.0 cm³/mol. The first-order valence-corrected chi connectivity index (χ1v) is 6.00. The van der Waals surface area contributed by atoms with Gasteiger partial charge in [0.2, 0.25) is 0 Å². The molecule has 0 atom stereocenters. The Hall–Kier alpha value is -1.16. The van der Waals surface area contributed by atoms with Crippen molar-refractivity contribution in [1.29, 1.82) is 0 Å². The fourth-order valence-electron chi connectivity index (χ4n) is 1.17. The van der Waals surface area contributed by atoms with E-state index in [1.165, 1.54) is 0 Å². The average Bonchev–Trinajstić information content (AvgIpc) is 2.20. The van der Waals surface area contributed by atoms with Crippen LogP contribution in [0.25, 0.3) is 0 Å². The van der Waals surface area contributed by atoms with Crippen LogP contribution in [0.5, 0.6) is 5.75 Å². The molecule has 0 unspecified atom stereocenters. The van der Waals surface area contributed by atoms with Crippen LogP contribution in [0.3, 0.4) is 0 Å². The van der Waals surface area contributed by atoms with Crippen molar-refractivity contribution in [2.24, 2.45) is 0 Å². The molecule has 0 bridgehead atoms. The zero-order valence-electron chi connectivity index (χ0n) is 8.82. The number of rotatable bonds is 5. The summed E-state index contributed by atoms with van der Waals surface area (Å²) in [5, 5.41) is 8.96. The van der Waals surface area contributed by atoms with Gasteiger partial charge < -0.3 is 9.84 Å². The molecule has 1 N–H and O–H groups in total. The van der Waals surface area contributed by atoms with Gasteiger partial charge in [-0.2, -0.15) is 11.8 Å². The van der Waals surface area contributed by atoms with E-state index in [0.29, 0.717) is 12.4 Å². The van der Waals surface area contributed by atoms with E-state index in [-0.39, 0.29) is 5.56 Å². The number of aryl methyl sites for hydroxylation is 1. The van der Waals surface area contributed by atoms with Crippen LogP contribution >= 0.6 is 11.8 Å². The molecule has 0 aliphatic heterocycles. The summed E-state index contributed by atoms with van der Waals surface area (Å²) < 4.78 is 5.39. The zero-order chi connectivity index (χ0) is 11.3. The second kappa shape index (κ2) is 5.66. The molecule has 0 radical (unpaired) electrons. The van der Waals surface area contributed by atoms with Gasteiger partial charge in [0.05, 0.1) is 6.61 Å². The molecule has 3 nitrogen and oxygen atoms in total. The summed E-state index contributed by atoms with van der Waals surface area (Å²) >= 11 is 1.67. The van der Waals surface area contributed by atoms with Gasteiger partial charge in [-0.1, -0.05) is 11.6 Å². The Labute approximate surface area is 93.4 Å². The third-order valence-corrected chi connectivity index (χ3v) is 2.49. The van der Waals surface area contributed by atoms with Crippen molar-refractivity contribution in [1.82, 2.24) is 0 Å². The zero-order valence-corrected chi connectivity index (χ0v) is 9.63. The van der Waals surface area contributed by atoms with Crippen molar-refractivity contribution in [2.75, 3.05) is 18.6 Å². The molecular weight excluding hydrogens is 212 g/mol. The second-order valence-electron chi connectivity index (χ2n) is 3.15. The van der Waals surface area contributed by atoms with Crippen molar-refractivity contribution < 1.29 is 14.6 Å². The number of carbonyl (C=O) groups is 1. The highest BCUT2D eigenvalue weighted by molar-refractivity contribution is 7.98. The molecule has 0 aliphatic carbocycles. The number of hydrogen-bond acceptors (Lipinski definition) is 3. The van der Waals surface area contributed by atoms with Crippen LogP contribution in [-0.4, -0.2) is 29.7 Å². The Morgan fingerprint density at radius 1 is 1.53 bits per heavy atom. The molecule has 15 heavy (non-hydrogen) atoms. The standard InChI is InChI=1S/C11H14O3S/c1-8-3-4-10(14-5-6-15-2)9(7-8)11(12)13/h3-4,7H,5-6H2,1-2H3,(H,12,13). The molecule has 4 heteroatoms. The molecule has 0 saturated heterocycles. The van der Waals surface area contributed by atoms with Gasteiger partial charge in [-0.25, -0.2) is 4.79 Å². The number of benzene rings is 1. The van der Waals surface area contributed by atoms with E-state index >= 15 is 0 Å². The number of ether oxygens (including phenoxy) is 1. The summed E-state index contributed by atoms with van der Waals surface area (Å²) in [4.78, 5) is 10.9. The molecule has 1 rings (SSSR count). The van der Waals surface area contributed by atoms with Crippen LogP contribution in [0.1, 0.15) is 15.9 Å². The maximum atomic E-state index is 10.9. The van der Waals surface area contributed by atoms with E-state index in [0.717, 1.165) is 11.3 Å². The van der Waals surface area contributed by atoms with Crippen molar-refractivity contribution in [3.63, 3.8) is 0 Å². The number of carboxylic acids is 1. The summed E-state index contributed by atoms with van der Waals surface area (Å²) in [6.45, 7) is 2.39. The summed E-state index contributed by atoms with van der Waals surface area (Å²) in [6, 6.07) is 5.18. The number of hydrogen-bond donors (Lipinski definition) is 1. The SMILES string of the molecule is CSCCOc1ccc(C)cc1C(=O)O. The van der Waals surface area contributed by atoms with Crippen LogP contribution in [0.4, 0.5) is 0 Å². The Balaban J connectivity index is 2.81. The Morgan fingerprint density at radius 2 is 2.27 bits per heavy atom. The molecule has 82 valence electrons. The van der Waals surface area contributed by atoms with Gasteiger partial charge in [-0.05, 0) is 25.3 Å². The van der Waals surface area contributed by atoms with Crippen LogP contribution in [-0.2, 0) is 0 Å². The van der Waals surface area contributed by atoms with Crippen molar-refractivity contribution >= 4 is 17.7 Å². The quantitative estimate of drug-likeness (QED) is 0.783. The van der Waals surface area contributed by atoms with Gasteiger partial charge >= 0.3 is 5.97 Å². The van der Waals surface area contributed by atoms with E-state index in [1.54, 1.807) is 23.9 Å². The number of aromatic carboxylic acids is 1. The van der Waals surface area contributed by atoms with Crippen LogP contribution in [0.15, 0.2) is 18.2 Å². The summed E-state index contributed by atoms with van der Waals surface area (Å²) in [6.07, 6.45) is 1.98. The molecule has 1 aromatic rings. The van der Waals surface area contributed by atoms with Gasteiger partial charge in [-0.15, -0.1) is 0 Å². The Morgan fingerprint density at radius 3 is 2.87 bits per heavy atom. The lowest BCUT2D eigenvalue weighted by atomic mass is 10.1. The van der Waals surface area contributed by atoms with E-state index in [1.807, 2.05) is 19.2 Å². The van der Waals surface area contributed by atoms with E-state index in [4.69, 9.17) is 9.84 Å². The lowest BCUT2D eigenvalue weighted by molar-refractivity contribution is 0.0692. The molecule has 0 spiro atoms. The number of carboxylic acid groups (broad SMARTS) is 1. The van der Waals surface area contributed by atoms with Gasteiger partial charge in [-0.3, -0.25) is 0 Å². The normalized spacial score (nSPS) is 10.0. The van der Waals surface area contributed by atoms with Gasteiger partial charge in [0.1, 0.15) is 11.3 Å². The van der Waals surface area contributed by atoms with Gasteiger partial charge in [0.15, 0.2) is 0 Å². The Bertz CT molecular complexity index is 350. The van der Waals surface area contributed by atoms with E-state index in [2.05, 4.69) is 0 Å². The fourth-order valence-corrected chi connectivity index (χ4v) is 1.42. The molecule has 0 amide bonds. The highest BCUT2D eigenvalue weighted by Crippen LogP contribution is 2.20. The summed E-state index contributed by atoms with van der Waals surface area (Å²) in [5.74, 6) is 0.354. The van der Waals surface area contributed by atoms with Gasteiger partial charge in [0, 0.05) is 5.75 Å². The molecule has 0 fully saturated rings. The second-order valence-corrected chi connectivity index (χ2v) is 4.13. The smallest absolute Gasteiger partial charge is 0.339 e. The molecule has 0 heterocycles. The maximum absolute atomic E-state index is 10.9. The number of thioether (sulfide) groups is 1. The highest BCUT2D eigenvalue weighted by Gasteiger charge is 2.10. The first kappa shape index (κ1) is 11.9. The predicted octanol–water partition coefficient (Wildman–Crippen LogP) is 2.44. The minimum Gasteiger partial charge on any atom is -0.492 e. The minimum absolute atomic E-state index is 0.233. The van der Waals surface area contributed by atoms with E-state index < -0.39 is 5.97 Å². The third-order valence-electron chi connectivity index (χ3n) is 1.91. The van der Waals surface area contributed by atoms with Gasteiger partial charge in [0.25, 0.3) is 0 Å². The first-order valence-electron chi connectivity index (χ1n) is 4.61. The van der Waals surface area contributed by atoms with Crippen molar-refractivity contribution in [2.45, 2.75) is 6.92 Å². The largest absolute Gasteiger partial charge is 0.492 e. The molecule has 0 saturated carbocycles.